The van der Waals surface area contributed by atoms with Crippen molar-refractivity contribution in [2.45, 2.75) is 50.6 Å². The Morgan fingerprint density at radius 2 is 1.82 bits per heavy atom. The lowest BCUT2D eigenvalue weighted by atomic mass is 9.78. The standard InChI is InChI=1S/C13H25N3O/c1-16(12-6-10(7-12)13(15)17)8-9-2-4-11(14)5-3-9/h9-12H,2-8,14H2,1H3,(H2,15,17). The average molecular weight is 239 g/mol. The second-order valence-corrected chi connectivity index (χ2v) is 5.94. The van der Waals surface area contributed by atoms with Crippen LogP contribution in [0.1, 0.15) is 38.5 Å². The lowest BCUT2D eigenvalue weighted by Gasteiger charge is -2.41. The number of carbonyl (C=O) groups excluding carboxylic acids is 1. The number of carbonyl (C=O) groups is 1. The van der Waals surface area contributed by atoms with Gasteiger partial charge in [-0.3, -0.25) is 4.79 Å². The van der Waals surface area contributed by atoms with E-state index < -0.39 is 0 Å². The fraction of sp³-hybridized carbons (Fsp3) is 0.923. The van der Waals surface area contributed by atoms with E-state index in [9.17, 15) is 4.79 Å². The van der Waals surface area contributed by atoms with Crippen LogP contribution in [0.25, 0.3) is 0 Å². The van der Waals surface area contributed by atoms with Crippen LogP contribution < -0.4 is 11.5 Å². The molecular formula is C13H25N3O. The SMILES string of the molecule is CN(CC1CCC(N)CC1)C1CC(C(N)=O)C1. The van der Waals surface area contributed by atoms with E-state index in [1.165, 1.54) is 25.7 Å². The third-order valence-electron chi connectivity index (χ3n) is 4.58. The number of amides is 1. The van der Waals surface area contributed by atoms with Gasteiger partial charge in [-0.2, -0.15) is 0 Å². The Morgan fingerprint density at radius 1 is 1.24 bits per heavy atom. The maximum absolute atomic E-state index is 11.0. The summed E-state index contributed by atoms with van der Waals surface area (Å²) in [5.74, 6) is 0.799. The lowest BCUT2D eigenvalue weighted by molar-refractivity contribution is -0.126. The van der Waals surface area contributed by atoms with Crippen molar-refractivity contribution < 1.29 is 4.79 Å². The Kier molecular flexibility index (Phi) is 4.05. The third kappa shape index (κ3) is 3.19. The molecule has 2 saturated carbocycles. The zero-order valence-corrected chi connectivity index (χ0v) is 10.8. The Morgan fingerprint density at radius 3 is 2.35 bits per heavy atom. The zero-order chi connectivity index (χ0) is 12.4. The van der Waals surface area contributed by atoms with E-state index in [4.69, 9.17) is 11.5 Å². The predicted molar refractivity (Wildman–Crippen MR) is 68.3 cm³/mol. The molecule has 98 valence electrons. The van der Waals surface area contributed by atoms with E-state index >= 15 is 0 Å². The number of hydrogen-bond donors (Lipinski definition) is 2. The van der Waals surface area contributed by atoms with Crippen molar-refractivity contribution >= 4 is 5.91 Å². The van der Waals surface area contributed by atoms with Crippen LogP contribution in [0, 0.1) is 11.8 Å². The molecule has 0 heterocycles. The van der Waals surface area contributed by atoms with E-state index in [-0.39, 0.29) is 11.8 Å². The first-order valence-electron chi connectivity index (χ1n) is 6.81. The summed E-state index contributed by atoms with van der Waals surface area (Å²) in [5.41, 5.74) is 11.2. The van der Waals surface area contributed by atoms with Crippen LogP contribution in [0.4, 0.5) is 0 Å². The second kappa shape index (κ2) is 5.36. The summed E-state index contributed by atoms with van der Waals surface area (Å²) in [6, 6.07) is 1.00. The number of primary amides is 1. The summed E-state index contributed by atoms with van der Waals surface area (Å²) in [7, 11) is 2.18. The minimum atomic E-state index is -0.127. The highest BCUT2D eigenvalue weighted by Gasteiger charge is 2.36. The largest absolute Gasteiger partial charge is 0.369 e. The molecule has 0 aliphatic heterocycles. The lowest BCUT2D eigenvalue weighted by Crippen LogP contribution is -2.48. The Bertz CT molecular complexity index is 268. The molecule has 4 nitrogen and oxygen atoms in total. The van der Waals surface area contributed by atoms with Crippen LogP contribution in [0.15, 0.2) is 0 Å². The van der Waals surface area contributed by atoms with Gasteiger partial charge >= 0.3 is 0 Å². The first-order valence-corrected chi connectivity index (χ1v) is 6.81. The maximum atomic E-state index is 11.0. The quantitative estimate of drug-likeness (QED) is 0.758. The van der Waals surface area contributed by atoms with Gasteiger partial charge in [0.15, 0.2) is 0 Å². The van der Waals surface area contributed by atoms with Gasteiger partial charge in [0.1, 0.15) is 0 Å². The summed E-state index contributed by atoms with van der Waals surface area (Å²) in [6.45, 7) is 1.16. The Labute approximate surface area is 104 Å². The fourth-order valence-electron chi connectivity index (χ4n) is 3.11. The van der Waals surface area contributed by atoms with Crippen LogP contribution in [0.5, 0.6) is 0 Å². The topological polar surface area (TPSA) is 72.3 Å². The van der Waals surface area contributed by atoms with Gasteiger partial charge in [-0.25, -0.2) is 0 Å². The van der Waals surface area contributed by atoms with Crippen LogP contribution in [0.3, 0.4) is 0 Å². The van der Waals surface area contributed by atoms with Gasteiger partial charge in [0.25, 0.3) is 0 Å². The molecule has 4 N–H and O–H groups in total. The van der Waals surface area contributed by atoms with Gasteiger partial charge in [0, 0.05) is 24.5 Å². The number of nitrogens with zero attached hydrogens (tertiary/aromatic N) is 1. The maximum Gasteiger partial charge on any atom is 0.220 e. The van der Waals surface area contributed by atoms with Crippen molar-refractivity contribution in [2.75, 3.05) is 13.6 Å². The van der Waals surface area contributed by atoms with Crippen molar-refractivity contribution in [1.29, 1.82) is 0 Å². The fourth-order valence-corrected chi connectivity index (χ4v) is 3.11. The van der Waals surface area contributed by atoms with E-state index in [1.807, 2.05) is 0 Å². The zero-order valence-electron chi connectivity index (χ0n) is 10.8. The van der Waals surface area contributed by atoms with Crippen LogP contribution in [-0.4, -0.2) is 36.5 Å². The molecule has 0 bridgehead atoms. The molecule has 17 heavy (non-hydrogen) atoms. The molecule has 2 fully saturated rings. The minimum Gasteiger partial charge on any atom is -0.369 e. The van der Waals surface area contributed by atoms with Crippen molar-refractivity contribution in [2.24, 2.45) is 23.3 Å². The first kappa shape index (κ1) is 12.8. The molecule has 2 rings (SSSR count). The van der Waals surface area contributed by atoms with Gasteiger partial charge in [-0.1, -0.05) is 0 Å². The predicted octanol–water partition coefficient (Wildman–Crippen LogP) is 0.700. The molecule has 0 radical (unpaired) electrons. The minimum absolute atomic E-state index is 0.127. The molecular weight excluding hydrogens is 214 g/mol. The number of nitrogens with two attached hydrogens (primary N) is 2. The van der Waals surface area contributed by atoms with Crippen molar-refractivity contribution in [3.05, 3.63) is 0 Å². The van der Waals surface area contributed by atoms with E-state index in [0.29, 0.717) is 12.1 Å². The molecule has 0 aromatic heterocycles. The summed E-state index contributed by atoms with van der Waals surface area (Å²) in [5, 5.41) is 0. The van der Waals surface area contributed by atoms with Crippen LogP contribution in [-0.2, 0) is 4.79 Å². The Hall–Kier alpha value is -0.610. The van der Waals surface area contributed by atoms with E-state index in [1.54, 1.807) is 0 Å². The third-order valence-corrected chi connectivity index (χ3v) is 4.58. The van der Waals surface area contributed by atoms with Crippen LogP contribution in [0.2, 0.25) is 0 Å². The van der Waals surface area contributed by atoms with Gasteiger partial charge < -0.3 is 16.4 Å². The monoisotopic (exact) mass is 239 g/mol. The van der Waals surface area contributed by atoms with Crippen molar-refractivity contribution in [1.82, 2.24) is 4.90 Å². The van der Waals surface area contributed by atoms with Gasteiger partial charge in [0.05, 0.1) is 0 Å². The molecule has 0 aromatic carbocycles. The van der Waals surface area contributed by atoms with Gasteiger partial charge in [-0.15, -0.1) is 0 Å². The normalized spacial score (nSPS) is 37.8. The van der Waals surface area contributed by atoms with E-state index in [2.05, 4.69) is 11.9 Å². The van der Waals surface area contributed by atoms with Gasteiger partial charge in [-0.05, 0) is 51.5 Å². The molecule has 4 heteroatoms. The Balaban J connectivity index is 1.68. The highest BCUT2D eigenvalue weighted by Crippen LogP contribution is 2.32. The van der Waals surface area contributed by atoms with Gasteiger partial charge in [0.2, 0.25) is 5.91 Å². The molecule has 0 unspecified atom stereocenters. The summed E-state index contributed by atoms with van der Waals surface area (Å²) >= 11 is 0. The summed E-state index contributed by atoms with van der Waals surface area (Å²) in [4.78, 5) is 13.4. The molecule has 2 aliphatic rings. The molecule has 0 spiro atoms. The summed E-state index contributed by atoms with van der Waals surface area (Å²) in [6.07, 6.45) is 6.78. The molecule has 2 aliphatic carbocycles. The smallest absolute Gasteiger partial charge is 0.220 e. The van der Waals surface area contributed by atoms with Crippen LogP contribution >= 0.6 is 0 Å². The first-order chi connectivity index (χ1) is 8.06. The molecule has 1 amide bonds. The molecule has 0 saturated heterocycles. The van der Waals surface area contributed by atoms with E-state index in [0.717, 1.165) is 25.3 Å². The second-order valence-electron chi connectivity index (χ2n) is 5.94. The molecule has 0 atom stereocenters. The number of rotatable bonds is 4. The summed E-state index contributed by atoms with van der Waals surface area (Å²) < 4.78 is 0. The van der Waals surface area contributed by atoms with Crippen molar-refractivity contribution in [3.8, 4) is 0 Å². The average Bonchev–Trinajstić information content (AvgIpc) is 2.18. The molecule has 0 aromatic rings. The highest BCUT2D eigenvalue weighted by molar-refractivity contribution is 5.77. The van der Waals surface area contributed by atoms with Crippen molar-refractivity contribution in [3.63, 3.8) is 0 Å². The number of hydrogen-bond acceptors (Lipinski definition) is 3. The highest BCUT2D eigenvalue weighted by atomic mass is 16.1.